The maximum absolute atomic E-state index is 12.3. The van der Waals surface area contributed by atoms with E-state index in [1.165, 1.54) is 0 Å². The second kappa shape index (κ2) is 8.99. The van der Waals surface area contributed by atoms with Gasteiger partial charge in [0.25, 0.3) is 0 Å². The molecule has 1 N–H and O–H groups in total. The lowest BCUT2D eigenvalue weighted by Gasteiger charge is -2.12. The summed E-state index contributed by atoms with van der Waals surface area (Å²) in [4.78, 5) is 24.7. The molecule has 0 fully saturated rings. The highest BCUT2D eigenvalue weighted by molar-refractivity contribution is 5.96. The summed E-state index contributed by atoms with van der Waals surface area (Å²) in [6.45, 7) is 3.07. The Morgan fingerprint density at radius 1 is 0.958 bits per heavy atom. The van der Waals surface area contributed by atoms with Crippen molar-refractivity contribution >= 4 is 11.8 Å². The SMILES string of the molecule is CCOC(=O)C[NH+](C)CCC(=O)c1ccc(-c2ccccc2)cc1. The van der Waals surface area contributed by atoms with E-state index in [1.54, 1.807) is 6.92 Å². The molecule has 0 radical (unpaired) electrons. The zero-order valence-electron chi connectivity index (χ0n) is 14.2. The molecule has 2 aromatic rings. The van der Waals surface area contributed by atoms with Gasteiger partial charge in [-0.2, -0.15) is 0 Å². The number of rotatable bonds is 8. The predicted molar refractivity (Wildman–Crippen MR) is 94.1 cm³/mol. The van der Waals surface area contributed by atoms with E-state index in [4.69, 9.17) is 4.74 Å². The maximum Gasteiger partial charge on any atom is 0.361 e. The summed E-state index contributed by atoms with van der Waals surface area (Å²) in [5.74, 6) is -0.132. The normalized spacial score (nSPS) is 11.8. The highest BCUT2D eigenvalue weighted by Gasteiger charge is 2.13. The minimum atomic E-state index is -0.227. The van der Waals surface area contributed by atoms with E-state index >= 15 is 0 Å². The Balaban J connectivity index is 1.88. The molecule has 1 unspecified atom stereocenters. The monoisotopic (exact) mass is 326 g/mol. The smallest absolute Gasteiger partial charge is 0.361 e. The van der Waals surface area contributed by atoms with Gasteiger partial charge in [0.15, 0.2) is 12.3 Å². The number of hydrogen-bond donors (Lipinski definition) is 1. The van der Waals surface area contributed by atoms with Gasteiger partial charge in [0.1, 0.15) is 0 Å². The summed E-state index contributed by atoms with van der Waals surface area (Å²) in [5, 5.41) is 0. The summed E-state index contributed by atoms with van der Waals surface area (Å²) < 4.78 is 4.91. The fourth-order valence-electron chi connectivity index (χ4n) is 2.50. The molecule has 0 amide bonds. The Morgan fingerprint density at radius 3 is 2.21 bits per heavy atom. The molecule has 0 spiro atoms. The van der Waals surface area contributed by atoms with Crippen LogP contribution in [0.3, 0.4) is 0 Å². The van der Waals surface area contributed by atoms with Gasteiger partial charge in [0.05, 0.1) is 26.6 Å². The van der Waals surface area contributed by atoms with Crippen LogP contribution in [0.25, 0.3) is 11.1 Å². The molecule has 0 saturated heterocycles. The van der Waals surface area contributed by atoms with Crippen LogP contribution in [-0.2, 0) is 9.53 Å². The third-order valence-corrected chi connectivity index (χ3v) is 3.84. The van der Waals surface area contributed by atoms with Crippen LogP contribution in [-0.4, -0.2) is 38.5 Å². The van der Waals surface area contributed by atoms with Gasteiger partial charge in [-0.15, -0.1) is 0 Å². The molecule has 0 heterocycles. The number of quaternary nitrogens is 1. The predicted octanol–water partition coefficient (Wildman–Crippen LogP) is 2.00. The topological polar surface area (TPSA) is 47.8 Å². The van der Waals surface area contributed by atoms with Crippen LogP contribution in [0.4, 0.5) is 0 Å². The molecule has 0 saturated carbocycles. The molecule has 4 nitrogen and oxygen atoms in total. The van der Waals surface area contributed by atoms with E-state index in [-0.39, 0.29) is 18.3 Å². The molecule has 2 rings (SSSR count). The summed E-state index contributed by atoms with van der Waals surface area (Å²) in [6.07, 6.45) is 0.413. The summed E-state index contributed by atoms with van der Waals surface area (Å²) >= 11 is 0. The van der Waals surface area contributed by atoms with Gasteiger partial charge in [0.2, 0.25) is 0 Å². The summed E-state index contributed by atoms with van der Waals surface area (Å²) in [7, 11) is 1.89. The van der Waals surface area contributed by atoms with Gasteiger partial charge in [-0.05, 0) is 18.1 Å². The Hall–Kier alpha value is -2.46. The first-order valence-corrected chi connectivity index (χ1v) is 8.25. The second-order valence-electron chi connectivity index (χ2n) is 5.81. The van der Waals surface area contributed by atoms with Crippen LogP contribution in [0.15, 0.2) is 54.6 Å². The number of esters is 1. The van der Waals surface area contributed by atoms with E-state index in [0.29, 0.717) is 25.1 Å². The quantitative estimate of drug-likeness (QED) is 0.596. The van der Waals surface area contributed by atoms with Crippen LogP contribution in [0.5, 0.6) is 0 Å². The minimum absolute atomic E-state index is 0.0952. The highest BCUT2D eigenvalue weighted by Crippen LogP contribution is 2.19. The molecule has 4 heteroatoms. The van der Waals surface area contributed by atoms with Crippen LogP contribution in [0, 0.1) is 0 Å². The Kier molecular flexibility index (Phi) is 6.70. The molecule has 24 heavy (non-hydrogen) atoms. The fourth-order valence-corrected chi connectivity index (χ4v) is 2.50. The van der Waals surface area contributed by atoms with E-state index in [0.717, 1.165) is 16.0 Å². The van der Waals surface area contributed by atoms with Gasteiger partial charge in [-0.1, -0.05) is 54.6 Å². The van der Waals surface area contributed by atoms with Crippen molar-refractivity contribution in [3.63, 3.8) is 0 Å². The summed E-state index contributed by atoms with van der Waals surface area (Å²) in [5.41, 5.74) is 2.94. The van der Waals surface area contributed by atoms with E-state index < -0.39 is 0 Å². The van der Waals surface area contributed by atoms with Gasteiger partial charge in [-0.3, -0.25) is 4.79 Å². The Labute approximate surface area is 143 Å². The van der Waals surface area contributed by atoms with Gasteiger partial charge >= 0.3 is 5.97 Å². The van der Waals surface area contributed by atoms with Crippen molar-refractivity contribution in [3.05, 3.63) is 60.2 Å². The number of nitrogens with one attached hydrogen (secondary N) is 1. The van der Waals surface area contributed by atoms with Crippen LogP contribution in [0.1, 0.15) is 23.7 Å². The lowest BCUT2D eigenvalue weighted by Crippen LogP contribution is -3.10. The lowest BCUT2D eigenvalue weighted by molar-refractivity contribution is -0.871. The number of carbonyl (C=O) groups is 2. The van der Waals surface area contributed by atoms with Crippen molar-refractivity contribution in [2.45, 2.75) is 13.3 Å². The van der Waals surface area contributed by atoms with Crippen LogP contribution in [0.2, 0.25) is 0 Å². The van der Waals surface area contributed by atoms with Crippen LogP contribution >= 0.6 is 0 Å². The zero-order chi connectivity index (χ0) is 17.4. The van der Waals surface area contributed by atoms with E-state index in [1.807, 2.05) is 61.6 Å². The molecule has 0 aliphatic carbocycles. The number of carbonyl (C=O) groups excluding carboxylic acids is 2. The van der Waals surface area contributed by atoms with Crippen LogP contribution < -0.4 is 4.90 Å². The first kappa shape index (κ1) is 17.9. The molecule has 1 atom stereocenters. The molecule has 126 valence electrons. The maximum atomic E-state index is 12.3. The number of benzene rings is 2. The average Bonchev–Trinajstić information content (AvgIpc) is 2.61. The highest BCUT2D eigenvalue weighted by atomic mass is 16.5. The number of ether oxygens (including phenoxy) is 1. The van der Waals surface area contributed by atoms with Crippen molar-refractivity contribution in [1.82, 2.24) is 0 Å². The Bertz CT molecular complexity index is 665. The third kappa shape index (κ3) is 5.32. The van der Waals surface area contributed by atoms with Gasteiger partial charge in [0, 0.05) is 5.56 Å². The second-order valence-corrected chi connectivity index (χ2v) is 5.81. The minimum Gasteiger partial charge on any atom is -0.462 e. The fraction of sp³-hybridized carbons (Fsp3) is 0.300. The largest absolute Gasteiger partial charge is 0.462 e. The number of likely N-dealkylation sites (N-methyl/N-ethyl adjacent to an activating group) is 1. The zero-order valence-corrected chi connectivity index (χ0v) is 14.2. The van der Waals surface area contributed by atoms with Gasteiger partial charge in [-0.25, -0.2) is 4.79 Å². The summed E-state index contributed by atoms with van der Waals surface area (Å²) in [6, 6.07) is 17.7. The van der Waals surface area contributed by atoms with Crippen molar-refractivity contribution < 1.29 is 19.2 Å². The molecule has 0 aliphatic rings. The van der Waals surface area contributed by atoms with Crippen molar-refractivity contribution in [3.8, 4) is 11.1 Å². The van der Waals surface area contributed by atoms with Crippen molar-refractivity contribution in [2.24, 2.45) is 0 Å². The number of hydrogen-bond acceptors (Lipinski definition) is 3. The average molecular weight is 326 g/mol. The van der Waals surface area contributed by atoms with E-state index in [9.17, 15) is 9.59 Å². The van der Waals surface area contributed by atoms with E-state index in [2.05, 4.69) is 0 Å². The molecule has 0 aliphatic heterocycles. The molecule has 2 aromatic carbocycles. The third-order valence-electron chi connectivity index (χ3n) is 3.84. The lowest BCUT2D eigenvalue weighted by atomic mass is 10.0. The molecule has 0 aromatic heterocycles. The Morgan fingerprint density at radius 2 is 1.58 bits per heavy atom. The first-order valence-electron chi connectivity index (χ1n) is 8.25. The molecule has 0 bridgehead atoms. The number of ketones is 1. The number of Topliss-reactive ketones (excluding diaryl/α,β-unsaturated/α-hetero) is 1. The molecular formula is C20H24NO3+. The standard InChI is InChI=1S/C20H23NO3/c1-3-24-20(23)15-21(2)14-13-19(22)18-11-9-17(10-12-18)16-7-5-4-6-8-16/h4-12H,3,13-15H2,1-2H3/p+1. The molecular weight excluding hydrogens is 302 g/mol. The van der Waals surface area contributed by atoms with Crippen molar-refractivity contribution in [1.29, 1.82) is 0 Å². The first-order chi connectivity index (χ1) is 11.6. The van der Waals surface area contributed by atoms with Crippen molar-refractivity contribution in [2.75, 3.05) is 26.7 Å². The van der Waals surface area contributed by atoms with Gasteiger partial charge < -0.3 is 9.64 Å².